The van der Waals surface area contributed by atoms with Gasteiger partial charge in [0.1, 0.15) is 0 Å². The third kappa shape index (κ3) is 5.36. The van der Waals surface area contributed by atoms with Crippen molar-refractivity contribution >= 4 is 11.6 Å². The van der Waals surface area contributed by atoms with Gasteiger partial charge >= 0.3 is 0 Å². The Hall–Kier alpha value is -1.55. The van der Waals surface area contributed by atoms with Crippen LogP contribution in [0.15, 0.2) is 30.3 Å². The molecule has 0 aromatic heterocycles. The summed E-state index contributed by atoms with van der Waals surface area (Å²) < 4.78 is 4.86. The molecule has 1 amide bonds. The number of hydrogen-bond acceptors (Lipinski definition) is 3. The zero-order valence-corrected chi connectivity index (χ0v) is 10.5. The van der Waals surface area contributed by atoms with Gasteiger partial charge in [-0.1, -0.05) is 18.2 Å². The summed E-state index contributed by atoms with van der Waals surface area (Å²) in [6.07, 6.45) is 0.495. The second-order valence-corrected chi connectivity index (χ2v) is 3.85. The average molecular weight is 236 g/mol. The van der Waals surface area contributed by atoms with E-state index in [1.165, 1.54) is 0 Å². The number of carbonyl (C=O) groups is 1. The molecule has 0 spiro atoms. The van der Waals surface area contributed by atoms with Gasteiger partial charge < -0.3 is 15.0 Å². The number of anilines is 1. The van der Waals surface area contributed by atoms with Crippen LogP contribution in [0.2, 0.25) is 0 Å². The number of carbonyl (C=O) groups excluding carboxylic acids is 1. The van der Waals surface area contributed by atoms with Crippen LogP contribution in [0.4, 0.5) is 5.69 Å². The van der Waals surface area contributed by atoms with Crippen molar-refractivity contribution in [3.8, 4) is 0 Å². The fourth-order valence-electron chi connectivity index (χ4n) is 1.46. The molecule has 0 aliphatic heterocycles. The summed E-state index contributed by atoms with van der Waals surface area (Å²) in [5.74, 6) is 0.0600. The molecule has 0 saturated carbocycles. The van der Waals surface area contributed by atoms with Crippen molar-refractivity contribution < 1.29 is 9.53 Å². The van der Waals surface area contributed by atoms with E-state index in [-0.39, 0.29) is 5.91 Å². The topological polar surface area (TPSA) is 41.6 Å². The van der Waals surface area contributed by atoms with E-state index in [0.29, 0.717) is 26.1 Å². The van der Waals surface area contributed by atoms with Gasteiger partial charge in [-0.2, -0.15) is 0 Å². The van der Waals surface area contributed by atoms with Crippen LogP contribution < -0.4 is 10.2 Å². The smallest absolute Gasteiger partial charge is 0.221 e. The maximum atomic E-state index is 11.5. The quantitative estimate of drug-likeness (QED) is 0.725. The van der Waals surface area contributed by atoms with E-state index in [9.17, 15) is 4.79 Å². The van der Waals surface area contributed by atoms with Crippen LogP contribution in [0.3, 0.4) is 0 Å². The van der Waals surface area contributed by atoms with Crippen molar-refractivity contribution in [1.29, 1.82) is 0 Å². The van der Waals surface area contributed by atoms with Crippen LogP contribution in [0.5, 0.6) is 0 Å². The number of methoxy groups -OCH3 is 1. The first kappa shape index (κ1) is 13.5. The third-order valence-electron chi connectivity index (χ3n) is 2.50. The van der Waals surface area contributed by atoms with Gasteiger partial charge in [0.05, 0.1) is 6.61 Å². The second-order valence-electron chi connectivity index (χ2n) is 3.85. The molecular weight excluding hydrogens is 216 g/mol. The first-order valence-electron chi connectivity index (χ1n) is 5.76. The van der Waals surface area contributed by atoms with E-state index in [1.54, 1.807) is 7.11 Å². The molecule has 4 nitrogen and oxygen atoms in total. The van der Waals surface area contributed by atoms with Crippen LogP contribution in [-0.2, 0) is 9.53 Å². The number of rotatable bonds is 7. The Labute approximate surface area is 103 Å². The number of amides is 1. The van der Waals surface area contributed by atoms with Gasteiger partial charge in [-0.15, -0.1) is 0 Å². The van der Waals surface area contributed by atoms with E-state index in [4.69, 9.17) is 4.74 Å². The highest BCUT2D eigenvalue weighted by molar-refractivity contribution is 5.76. The molecule has 0 saturated heterocycles. The number of nitrogens with zero attached hydrogens (tertiary/aromatic N) is 1. The third-order valence-corrected chi connectivity index (χ3v) is 2.50. The molecule has 0 aliphatic carbocycles. The maximum Gasteiger partial charge on any atom is 0.221 e. The molecule has 0 atom stereocenters. The Kier molecular flexibility index (Phi) is 6.10. The van der Waals surface area contributed by atoms with Crippen molar-refractivity contribution in [2.24, 2.45) is 0 Å². The fourth-order valence-corrected chi connectivity index (χ4v) is 1.46. The Bertz CT molecular complexity index is 327. The minimum absolute atomic E-state index is 0.0600. The lowest BCUT2D eigenvalue weighted by Crippen LogP contribution is -2.30. The first-order valence-corrected chi connectivity index (χ1v) is 5.76. The van der Waals surface area contributed by atoms with E-state index < -0.39 is 0 Å². The maximum absolute atomic E-state index is 11.5. The van der Waals surface area contributed by atoms with Gasteiger partial charge in [0.2, 0.25) is 5.91 Å². The van der Waals surface area contributed by atoms with Crippen LogP contribution in [-0.4, -0.2) is 39.8 Å². The molecule has 1 aromatic carbocycles. The molecule has 4 heteroatoms. The summed E-state index contributed by atoms with van der Waals surface area (Å²) >= 11 is 0. The molecule has 1 aromatic rings. The van der Waals surface area contributed by atoms with Gasteiger partial charge in [-0.05, 0) is 12.1 Å². The summed E-state index contributed by atoms with van der Waals surface area (Å²) in [6.45, 7) is 1.84. The summed E-state index contributed by atoms with van der Waals surface area (Å²) in [5.41, 5.74) is 1.12. The minimum atomic E-state index is 0.0600. The zero-order valence-electron chi connectivity index (χ0n) is 10.5. The lowest BCUT2D eigenvalue weighted by molar-refractivity contribution is -0.121. The normalized spacial score (nSPS) is 10.0. The molecular formula is C13H20N2O2. The highest BCUT2D eigenvalue weighted by Gasteiger charge is 2.04. The monoisotopic (exact) mass is 236 g/mol. The predicted molar refractivity (Wildman–Crippen MR) is 69.2 cm³/mol. The van der Waals surface area contributed by atoms with E-state index >= 15 is 0 Å². The molecule has 0 unspecified atom stereocenters. The highest BCUT2D eigenvalue weighted by Crippen LogP contribution is 2.10. The van der Waals surface area contributed by atoms with Crippen molar-refractivity contribution in [3.05, 3.63) is 30.3 Å². The van der Waals surface area contributed by atoms with Crippen molar-refractivity contribution in [2.45, 2.75) is 6.42 Å². The number of nitrogens with one attached hydrogen (secondary N) is 1. The molecule has 0 fully saturated rings. The largest absolute Gasteiger partial charge is 0.383 e. The Balaban J connectivity index is 2.24. The Morgan fingerprint density at radius 3 is 2.71 bits per heavy atom. The van der Waals surface area contributed by atoms with Crippen molar-refractivity contribution in [3.63, 3.8) is 0 Å². The molecule has 17 heavy (non-hydrogen) atoms. The second kappa shape index (κ2) is 7.68. The summed E-state index contributed by atoms with van der Waals surface area (Å²) in [7, 11) is 3.60. The lowest BCUT2D eigenvalue weighted by Gasteiger charge is -2.18. The van der Waals surface area contributed by atoms with Gasteiger partial charge in [0.15, 0.2) is 0 Å². The summed E-state index contributed by atoms with van der Waals surface area (Å²) in [5, 5.41) is 2.80. The van der Waals surface area contributed by atoms with Gasteiger partial charge in [0.25, 0.3) is 0 Å². The first-order chi connectivity index (χ1) is 8.24. The number of hydrogen-bond donors (Lipinski definition) is 1. The molecule has 0 radical (unpaired) electrons. The number of para-hydroxylation sites is 1. The van der Waals surface area contributed by atoms with E-state index in [1.807, 2.05) is 37.4 Å². The molecule has 0 bridgehead atoms. The average Bonchev–Trinajstić information content (AvgIpc) is 2.37. The molecule has 0 aliphatic rings. The number of ether oxygens (including phenoxy) is 1. The van der Waals surface area contributed by atoms with Crippen molar-refractivity contribution in [2.75, 3.05) is 38.8 Å². The number of benzene rings is 1. The predicted octanol–water partition coefficient (Wildman–Crippen LogP) is 1.28. The standard InChI is InChI=1S/C13H20N2O2/c1-15(12-6-4-3-5-7-12)10-8-13(16)14-9-11-17-2/h3-7H,8-11H2,1-2H3,(H,14,16). The van der Waals surface area contributed by atoms with Gasteiger partial charge in [-0.25, -0.2) is 0 Å². The van der Waals surface area contributed by atoms with Crippen LogP contribution in [0.25, 0.3) is 0 Å². The summed E-state index contributed by atoms with van der Waals surface area (Å²) in [6, 6.07) is 10.0. The van der Waals surface area contributed by atoms with Crippen LogP contribution in [0, 0.1) is 0 Å². The Morgan fingerprint density at radius 1 is 1.35 bits per heavy atom. The summed E-state index contributed by atoms with van der Waals surface area (Å²) in [4.78, 5) is 13.5. The zero-order chi connectivity index (χ0) is 12.5. The highest BCUT2D eigenvalue weighted by atomic mass is 16.5. The minimum Gasteiger partial charge on any atom is -0.383 e. The molecule has 94 valence electrons. The molecule has 0 heterocycles. The van der Waals surface area contributed by atoms with Crippen LogP contribution >= 0.6 is 0 Å². The van der Waals surface area contributed by atoms with E-state index in [2.05, 4.69) is 10.2 Å². The van der Waals surface area contributed by atoms with Crippen LogP contribution in [0.1, 0.15) is 6.42 Å². The molecule has 1 N–H and O–H groups in total. The van der Waals surface area contributed by atoms with Gasteiger partial charge in [-0.3, -0.25) is 4.79 Å². The Morgan fingerprint density at radius 2 is 2.06 bits per heavy atom. The van der Waals surface area contributed by atoms with E-state index in [0.717, 1.165) is 5.69 Å². The van der Waals surface area contributed by atoms with Crippen molar-refractivity contribution in [1.82, 2.24) is 5.32 Å². The van der Waals surface area contributed by atoms with Gasteiger partial charge in [0, 0.05) is 39.4 Å². The SMILES string of the molecule is COCCNC(=O)CCN(C)c1ccccc1. The fraction of sp³-hybridized carbons (Fsp3) is 0.462. The molecule has 1 rings (SSSR count). The lowest BCUT2D eigenvalue weighted by atomic mass is 10.3.